The number of nitrogens with zero attached hydrogens (tertiary/aromatic N) is 2. The van der Waals surface area contributed by atoms with Crippen LogP contribution in [-0.4, -0.2) is 38.1 Å². The van der Waals surface area contributed by atoms with E-state index in [0.29, 0.717) is 12.2 Å². The number of benzene rings is 1. The molecule has 0 aliphatic heterocycles. The van der Waals surface area contributed by atoms with Crippen LogP contribution in [0.1, 0.15) is 19.4 Å². The first-order valence-electron chi connectivity index (χ1n) is 6.40. The molecule has 3 nitrogen and oxygen atoms in total. The minimum absolute atomic E-state index is 0.189. The Morgan fingerprint density at radius 3 is 2.50 bits per heavy atom. The number of halogens is 1. The van der Waals surface area contributed by atoms with Gasteiger partial charge in [0.2, 0.25) is 0 Å². The summed E-state index contributed by atoms with van der Waals surface area (Å²) in [7, 11) is 4.05. The van der Waals surface area contributed by atoms with Crippen molar-refractivity contribution in [3.05, 3.63) is 29.6 Å². The van der Waals surface area contributed by atoms with E-state index in [-0.39, 0.29) is 11.9 Å². The lowest BCUT2D eigenvalue weighted by atomic mass is 10.1. The molecule has 2 N–H and O–H groups in total. The number of likely N-dealkylation sites (N-methyl/N-ethyl adjacent to an activating group) is 2. The summed E-state index contributed by atoms with van der Waals surface area (Å²) in [6.45, 7) is 6.16. The Labute approximate surface area is 109 Å². The third-order valence-electron chi connectivity index (χ3n) is 3.08. The van der Waals surface area contributed by atoms with Gasteiger partial charge in [0, 0.05) is 25.7 Å². The molecular formula is C14H24FN3. The lowest BCUT2D eigenvalue weighted by Crippen LogP contribution is -2.41. The van der Waals surface area contributed by atoms with Crippen molar-refractivity contribution in [2.75, 3.05) is 32.1 Å². The van der Waals surface area contributed by atoms with Crippen molar-refractivity contribution in [3.8, 4) is 0 Å². The second-order valence-corrected chi connectivity index (χ2v) is 4.85. The molecule has 0 aliphatic rings. The first-order valence-corrected chi connectivity index (χ1v) is 6.40. The highest BCUT2D eigenvalue weighted by atomic mass is 19.1. The maximum atomic E-state index is 14.1. The highest BCUT2D eigenvalue weighted by Crippen LogP contribution is 2.26. The number of para-hydroxylation sites is 1. The quantitative estimate of drug-likeness (QED) is 0.842. The topological polar surface area (TPSA) is 32.5 Å². The van der Waals surface area contributed by atoms with Gasteiger partial charge in [-0.3, -0.25) is 0 Å². The van der Waals surface area contributed by atoms with Crippen LogP contribution in [0.15, 0.2) is 18.2 Å². The normalized spacial score (nSPS) is 12.8. The molecule has 0 amide bonds. The highest BCUT2D eigenvalue weighted by molar-refractivity contribution is 5.55. The molecule has 0 aliphatic carbocycles. The van der Waals surface area contributed by atoms with Crippen LogP contribution in [0.4, 0.5) is 10.1 Å². The molecule has 18 heavy (non-hydrogen) atoms. The summed E-state index contributed by atoms with van der Waals surface area (Å²) in [6.07, 6.45) is 0. The standard InChI is InChI=1S/C14H24FN3/c1-5-18(11(2)10-17(3)4)14-12(9-16)7-6-8-13(14)15/h6-8,11H,5,9-10,16H2,1-4H3. The smallest absolute Gasteiger partial charge is 0.146 e. The minimum Gasteiger partial charge on any atom is -0.365 e. The van der Waals surface area contributed by atoms with Crippen LogP contribution >= 0.6 is 0 Å². The molecule has 0 saturated carbocycles. The van der Waals surface area contributed by atoms with Crippen molar-refractivity contribution >= 4 is 5.69 Å². The van der Waals surface area contributed by atoms with E-state index >= 15 is 0 Å². The van der Waals surface area contributed by atoms with Gasteiger partial charge >= 0.3 is 0 Å². The van der Waals surface area contributed by atoms with E-state index in [2.05, 4.69) is 16.7 Å². The maximum absolute atomic E-state index is 14.1. The largest absolute Gasteiger partial charge is 0.365 e. The van der Waals surface area contributed by atoms with Gasteiger partial charge in [0.15, 0.2) is 0 Å². The van der Waals surface area contributed by atoms with Crippen LogP contribution < -0.4 is 10.6 Å². The van der Waals surface area contributed by atoms with Gasteiger partial charge in [-0.05, 0) is 39.6 Å². The van der Waals surface area contributed by atoms with Crippen LogP contribution in [0.5, 0.6) is 0 Å². The lowest BCUT2D eigenvalue weighted by Gasteiger charge is -2.33. The zero-order valence-corrected chi connectivity index (χ0v) is 11.8. The van der Waals surface area contributed by atoms with Crippen molar-refractivity contribution < 1.29 is 4.39 Å². The third-order valence-corrected chi connectivity index (χ3v) is 3.08. The summed E-state index contributed by atoms with van der Waals surface area (Å²) in [4.78, 5) is 4.19. The molecule has 0 bridgehead atoms. The Balaban J connectivity index is 3.08. The van der Waals surface area contributed by atoms with E-state index in [1.165, 1.54) is 6.07 Å². The molecule has 0 saturated heterocycles. The summed E-state index contributed by atoms with van der Waals surface area (Å²) >= 11 is 0. The molecule has 102 valence electrons. The van der Waals surface area contributed by atoms with Gasteiger partial charge in [0.1, 0.15) is 5.82 Å². The van der Waals surface area contributed by atoms with Crippen molar-refractivity contribution in [2.45, 2.75) is 26.4 Å². The predicted octanol–water partition coefficient (Wildman–Crippen LogP) is 2.06. The average Bonchev–Trinajstić information content (AvgIpc) is 2.31. The fraction of sp³-hybridized carbons (Fsp3) is 0.571. The maximum Gasteiger partial charge on any atom is 0.146 e. The Bertz CT molecular complexity index is 379. The van der Waals surface area contributed by atoms with Crippen molar-refractivity contribution in [2.24, 2.45) is 5.73 Å². The number of anilines is 1. The van der Waals surface area contributed by atoms with Gasteiger partial charge in [-0.2, -0.15) is 0 Å². The predicted molar refractivity (Wildman–Crippen MR) is 75.3 cm³/mol. The molecule has 0 fully saturated rings. The van der Waals surface area contributed by atoms with Crippen molar-refractivity contribution in [1.29, 1.82) is 0 Å². The van der Waals surface area contributed by atoms with Gasteiger partial charge in [-0.15, -0.1) is 0 Å². The van der Waals surface area contributed by atoms with Crippen LogP contribution in [0.25, 0.3) is 0 Å². The SMILES string of the molecule is CCN(c1c(F)cccc1CN)C(C)CN(C)C. The zero-order valence-electron chi connectivity index (χ0n) is 11.8. The second kappa shape index (κ2) is 6.71. The molecule has 0 aromatic heterocycles. The minimum atomic E-state index is -0.189. The number of rotatable bonds is 6. The average molecular weight is 253 g/mol. The summed E-state index contributed by atoms with van der Waals surface area (Å²) in [5.74, 6) is -0.189. The van der Waals surface area contributed by atoms with E-state index in [1.807, 2.05) is 27.1 Å². The van der Waals surface area contributed by atoms with E-state index < -0.39 is 0 Å². The van der Waals surface area contributed by atoms with Gasteiger partial charge in [0.25, 0.3) is 0 Å². The summed E-state index contributed by atoms with van der Waals surface area (Å²) in [5, 5.41) is 0. The molecule has 1 rings (SSSR count). The van der Waals surface area contributed by atoms with Crippen molar-refractivity contribution in [3.63, 3.8) is 0 Å². The Morgan fingerprint density at radius 1 is 1.33 bits per heavy atom. The zero-order chi connectivity index (χ0) is 13.7. The number of nitrogens with two attached hydrogens (primary N) is 1. The van der Waals surface area contributed by atoms with E-state index in [9.17, 15) is 4.39 Å². The van der Waals surface area contributed by atoms with Gasteiger partial charge in [-0.25, -0.2) is 4.39 Å². The molecule has 0 radical (unpaired) electrons. The Morgan fingerprint density at radius 2 is 2.00 bits per heavy atom. The summed E-state index contributed by atoms with van der Waals surface area (Å²) in [5.41, 5.74) is 7.22. The first-order chi connectivity index (χ1) is 8.51. The molecule has 0 spiro atoms. The van der Waals surface area contributed by atoms with Crippen molar-refractivity contribution in [1.82, 2.24) is 4.90 Å². The molecule has 0 heterocycles. The van der Waals surface area contributed by atoms with E-state index in [1.54, 1.807) is 6.07 Å². The molecule has 1 aromatic carbocycles. The molecule has 4 heteroatoms. The Kier molecular flexibility index (Phi) is 5.56. The molecule has 1 aromatic rings. The van der Waals surface area contributed by atoms with Gasteiger partial charge in [0.05, 0.1) is 5.69 Å². The first kappa shape index (κ1) is 14.9. The number of hydrogen-bond acceptors (Lipinski definition) is 3. The monoisotopic (exact) mass is 253 g/mol. The third kappa shape index (κ3) is 3.43. The highest BCUT2D eigenvalue weighted by Gasteiger charge is 2.19. The second-order valence-electron chi connectivity index (χ2n) is 4.85. The molecule has 1 unspecified atom stereocenters. The Hall–Kier alpha value is -1.13. The van der Waals surface area contributed by atoms with E-state index in [0.717, 1.165) is 18.7 Å². The van der Waals surface area contributed by atoms with Crippen LogP contribution in [0.2, 0.25) is 0 Å². The van der Waals surface area contributed by atoms with Gasteiger partial charge in [-0.1, -0.05) is 12.1 Å². The van der Waals surface area contributed by atoms with E-state index in [4.69, 9.17) is 5.73 Å². The molecular weight excluding hydrogens is 229 g/mol. The summed E-state index contributed by atoms with van der Waals surface area (Å²) < 4.78 is 14.1. The van der Waals surface area contributed by atoms with Crippen LogP contribution in [-0.2, 0) is 6.54 Å². The fourth-order valence-electron chi connectivity index (χ4n) is 2.36. The lowest BCUT2D eigenvalue weighted by molar-refractivity contribution is 0.371. The van der Waals surface area contributed by atoms with Crippen LogP contribution in [0.3, 0.4) is 0 Å². The summed E-state index contributed by atoms with van der Waals surface area (Å²) in [6, 6.07) is 5.35. The number of hydrogen-bond donors (Lipinski definition) is 1. The van der Waals surface area contributed by atoms with Crippen LogP contribution in [0, 0.1) is 5.82 Å². The fourth-order valence-corrected chi connectivity index (χ4v) is 2.36. The van der Waals surface area contributed by atoms with Gasteiger partial charge < -0.3 is 15.5 Å². The molecule has 1 atom stereocenters.